The molecule has 0 aliphatic carbocycles. The number of carbonyl (C=O) groups is 1. The van der Waals surface area contributed by atoms with Crippen LogP contribution in [0, 0.1) is 5.41 Å². The van der Waals surface area contributed by atoms with Crippen LogP contribution < -0.4 is 4.74 Å². The number of aromatic hydroxyl groups is 1. The number of nitrogens with zero attached hydrogens (tertiary/aromatic N) is 1. The molecule has 2 N–H and O–H groups in total. The molecule has 0 aromatic heterocycles. The van der Waals surface area contributed by atoms with Crippen LogP contribution in [0.4, 0.5) is 0 Å². The Bertz CT molecular complexity index is 503. The molecule has 110 valence electrons. The van der Waals surface area contributed by atoms with Crippen molar-refractivity contribution in [3.8, 4) is 11.5 Å². The van der Waals surface area contributed by atoms with Gasteiger partial charge >= 0.3 is 5.97 Å². The summed E-state index contributed by atoms with van der Waals surface area (Å²) in [5.74, 6) is -0.140. The maximum Gasteiger partial charge on any atom is 0.310 e. The van der Waals surface area contributed by atoms with E-state index < -0.39 is 11.4 Å². The Morgan fingerprint density at radius 3 is 2.80 bits per heavy atom. The van der Waals surface area contributed by atoms with Crippen molar-refractivity contribution in [3.05, 3.63) is 23.8 Å². The molecule has 5 heteroatoms. The molecule has 0 spiro atoms. The van der Waals surface area contributed by atoms with Crippen molar-refractivity contribution < 1.29 is 19.7 Å². The quantitative estimate of drug-likeness (QED) is 0.863. The molecule has 1 saturated heterocycles. The minimum atomic E-state index is -0.725. The van der Waals surface area contributed by atoms with Crippen molar-refractivity contribution in [2.45, 2.75) is 26.3 Å². The second kappa shape index (κ2) is 5.71. The molecule has 1 aliphatic rings. The predicted molar refractivity (Wildman–Crippen MR) is 74.9 cm³/mol. The summed E-state index contributed by atoms with van der Waals surface area (Å²) in [4.78, 5) is 13.5. The maximum absolute atomic E-state index is 11.4. The normalized spacial score (nSPS) is 22.9. The van der Waals surface area contributed by atoms with E-state index in [4.69, 9.17) is 4.74 Å². The van der Waals surface area contributed by atoms with Crippen molar-refractivity contribution in [1.29, 1.82) is 0 Å². The van der Waals surface area contributed by atoms with E-state index in [-0.39, 0.29) is 5.75 Å². The summed E-state index contributed by atoms with van der Waals surface area (Å²) in [6, 6.07) is 5.37. The summed E-state index contributed by atoms with van der Waals surface area (Å²) in [7, 11) is 1.52. The smallest absolute Gasteiger partial charge is 0.310 e. The molecule has 1 aromatic rings. The van der Waals surface area contributed by atoms with Crippen molar-refractivity contribution in [2.75, 3.05) is 20.2 Å². The number of ether oxygens (including phenoxy) is 1. The van der Waals surface area contributed by atoms with Gasteiger partial charge in [0.1, 0.15) is 0 Å². The van der Waals surface area contributed by atoms with E-state index in [1.807, 2.05) is 19.1 Å². The minimum absolute atomic E-state index is 0.138. The average molecular weight is 279 g/mol. The van der Waals surface area contributed by atoms with Crippen LogP contribution in [0.5, 0.6) is 11.5 Å². The number of phenols is 1. The molecule has 1 atom stereocenters. The molecule has 1 aromatic carbocycles. The number of hydrogen-bond donors (Lipinski definition) is 2. The molecule has 1 fully saturated rings. The summed E-state index contributed by atoms with van der Waals surface area (Å²) in [6.45, 7) is 3.71. The molecule has 0 radical (unpaired) electrons. The molecule has 20 heavy (non-hydrogen) atoms. The third-order valence-electron chi connectivity index (χ3n) is 4.26. The fourth-order valence-corrected chi connectivity index (χ4v) is 2.81. The summed E-state index contributed by atoms with van der Waals surface area (Å²) in [5.41, 5.74) is 0.121. The van der Waals surface area contributed by atoms with Gasteiger partial charge in [0.25, 0.3) is 0 Å². The summed E-state index contributed by atoms with van der Waals surface area (Å²) < 4.78 is 5.09. The summed E-state index contributed by atoms with van der Waals surface area (Å²) in [5, 5.41) is 19.5. The largest absolute Gasteiger partial charge is 0.504 e. The first-order valence-electron chi connectivity index (χ1n) is 6.83. The molecule has 5 nitrogen and oxygen atoms in total. The molecule has 1 unspecified atom stereocenters. The van der Waals surface area contributed by atoms with E-state index in [0.29, 0.717) is 31.7 Å². The van der Waals surface area contributed by atoms with Gasteiger partial charge in [0.05, 0.1) is 12.5 Å². The number of hydrogen-bond acceptors (Lipinski definition) is 4. The van der Waals surface area contributed by atoms with Gasteiger partial charge in [-0.3, -0.25) is 9.69 Å². The lowest BCUT2D eigenvalue weighted by molar-refractivity contribution is -0.148. The minimum Gasteiger partial charge on any atom is -0.504 e. The Labute approximate surface area is 118 Å². The molecule has 1 heterocycles. The van der Waals surface area contributed by atoms with Gasteiger partial charge in [-0.15, -0.1) is 0 Å². The zero-order valence-corrected chi connectivity index (χ0v) is 11.9. The second-order valence-corrected chi connectivity index (χ2v) is 5.37. The first-order valence-corrected chi connectivity index (χ1v) is 6.83. The second-order valence-electron chi connectivity index (χ2n) is 5.37. The van der Waals surface area contributed by atoms with Crippen LogP contribution >= 0.6 is 0 Å². The number of carboxylic acids is 1. The van der Waals surface area contributed by atoms with Gasteiger partial charge in [0.2, 0.25) is 0 Å². The molecular formula is C15H21NO4. The van der Waals surface area contributed by atoms with Gasteiger partial charge in [-0.25, -0.2) is 0 Å². The Kier molecular flexibility index (Phi) is 4.18. The lowest BCUT2D eigenvalue weighted by Crippen LogP contribution is -2.33. The highest BCUT2D eigenvalue weighted by Gasteiger charge is 2.43. The maximum atomic E-state index is 11.4. The number of methoxy groups -OCH3 is 1. The van der Waals surface area contributed by atoms with E-state index in [1.54, 1.807) is 6.07 Å². The SMILES string of the molecule is CCC1(C(=O)O)CCN(Cc2cccc(OC)c2O)C1. The number of likely N-dealkylation sites (tertiary alicyclic amines) is 1. The standard InChI is InChI=1S/C15H21NO4/c1-3-15(14(18)19)7-8-16(10-15)9-11-5-4-6-12(20-2)13(11)17/h4-6,17H,3,7-10H2,1-2H3,(H,18,19). The van der Waals surface area contributed by atoms with E-state index in [0.717, 1.165) is 12.1 Å². The number of phenolic OH excluding ortho intramolecular Hbond substituents is 1. The van der Waals surface area contributed by atoms with Crippen LogP contribution in [0.15, 0.2) is 18.2 Å². The average Bonchev–Trinajstić information content (AvgIpc) is 2.86. The van der Waals surface area contributed by atoms with Crippen molar-refractivity contribution >= 4 is 5.97 Å². The first-order chi connectivity index (χ1) is 9.52. The number of para-hydroxylation sites is 1. The van der Waals surface area contributed by atoms with E-state index in [9.17, 15) is 15.0 Å². The van der Waals surface area contributed by atoms with Crippen LogP contribution in [-0.4, -0.2) is 41.3 Å². The topological polar surface area (TPSA) is 70.0 Å². The van der Waals surface area contributed by atoms with Gasteiger partial charge in [0, 0.05) is 18.7 Å². The molecule has 0 amide bonds. The molecular weight excluding hydrogens is 258 g/mol. The zero-order chi connectivity index (χ0) is 14.8. The summed E-state index contributed by atoms with van der Waals surface area (Å²) in [6.07, 6.45) is 1.28. The van der Waals surface area contributed by atoms with Gasteiger partial charge in [-0.1, -0.05) is 19.1 Å². The Balaban J connectivity index is 2.11. The number of rotatable bonds is 5. The molecule has 2 rings (SSSR count). The Morgan fingerprint density at radius 1 is 1.50 bits per heavy atom. The monoisotopic (exact) mass is 279 g/mol. The number of benzene rings is 1. The Morgan fingerprint density at radius 2 is 2.25 bits per heavy atom. The van der Waals surface area contributed by atoms with E-state index in [2.05, 4.69) is 4.90 Å². The fraction of sp³-hybridized carbons (Fsp3) is 0.533. The number of aliphatic carboxylic acids is 1. The van der Waals surface area contributed by atoms with Crippen molar-refractivity contribution in [3.63, 3.8) is 0 Å². The van der Waals surface area contributed by atoms with Crippen LogP contribution in [0.2, 0.25) is 0 Å². The highest BCUT2D eigenvalue weighted by molar-refractivity contribution is 5.75. The lowest BCUT2D eigenvalue weighted by Gasteiger charge is -2.23. The van der Waals surface area contributed by atoms with Gasteiger partial charge < -0.3 is 14.9 Å². The van der Waals surface area contributed by atoms with Crippen molar-refractivity contribution in [2.24, 2.45) is 5.41 Å². The third kappa shape index (κ3) is 2.58. The zero-order valence-electron chi connectivity index (χ0n) is 11.9. The van der Waals surface area contributed by atoms with Crippen LogP contribution in [0.3, 0.4) is 0 Å². The molecule has 0 bridgehead atoms. The van der Waals surface area contributed by atoms with Gasteiger partial charge in [-0.2, -0.15) is 0 Å². The van der Waals surface area contributed by atoms with Crippen molar-refractivity contribution in [1.82, 2.24) is 4.90 Å². The van der Waals surface area contributed by atoms with E-state index >= 15 is 0 Å². The first kappa shape index (κ1) is 14.7. The highest BCUT2D eigenvalue weighted by atomic mass is 16.5. The Hall–Kier alpha value is -1.75. The predicted octanol–water partition coefficient (Wildman–Crippen LogP) is 2.09. The summed E-state index contributed by atoms with van der Waals surface area (Å²) >= 11 is 0. The lowest BCUT2D eigenvalue weighted by atomic mass is 9.84. The molecule has 1 aliphatic heterocycles. The highest BCUT2D eigenvalue weighted by Crippen LogP contribution is 2.37. The van der Waals surface area contributed by atoms with Gasteiger partial charge in [0.15, 0.2) is 11.5 Å². The van der Waals surface area contributed by atoms with Crippen LogP contribution in [0.25, 0.3) is 0 Å². The molecule has 0 saturated carbocycles. The van der Waals surface area contributed by atoms with Crippen LogP contribution in [0.1, 0.15) is 25.3 Å². The van der Waals surface area contributed by atoms with Crippen LogP contribution in [-0.2, 0) is 11.3 Å². The number of carboxylic acid groups (broad SMARTS) is 1. The van der Waals surface area contributed by atoms with Gasteiger partial charge in [-0.05, 0) is 25.5 Å². The fourth-order valence-electron chi connectivity index (χ4n) is 2.81. The third-order valence-corrected chi connectivity index (χ3v) is 4.26. The van der Waals surface area contributed by atoms with E-state index in [1.165, 1.54) is 7.11 Å².